The molecule has 14 nitrogen and oxygen atoms in total. The predicted molar refractivity (Wildman–Crippen MR) is 124 cm³/mol. The van der Waals surface area contributed by atoms with Crippen LogP contribution in [0, 0.1) is 0 Å². The molecule has 1 aromatic heterocycles. The summed E-state index contributed by atoms with van der Waals surface area (Å²) in [6.07, 6.45) is 0. The summed E-state index contributed by atoms with van der Waals surface area (Å²) in [6.45, 7) is 0.185. The molecule has 4 rings (SSSR count). The molecule has 180 valence electrons. The number of H-pyrrole nitrogens is 1. The summed E-state index contributed by atoms with van der Waals surface area (Å²) < 4.78 is 45.7. The number of aromatic amines is 1. The van der Waals surface area contributed by atoms with Gasteiger partial charge in [-0.1, -0.05) is 22.0 Å². The number of tetrazole rings is 1. The molecule has 0 radical (unpaired) electrons. The van der Waals surface area contributed by atoms with Crippen LogP contribution >= 0.6 is 0 Å². The van der Waals surface area contributed by atoms with E-state index in [4.69, 9.17) is 17.2 Å². The molecule has 1 aliphatic heterocycles. The number of hydrogen-bond donors (Lipinski definition) is 6. The largest absolute Gasteiger partial charge is 0.329 e. The number of amides is 1. The summed E-state index contributed by atoms with van der Waals surface area (Å²) >= 11 is 0. The second kappa shape index (κ2) is 9.16. The third kappa shape index (κ3) is 4.29. The number of rotatable bonds is 8. The van der Waals surface area contributed by atoms with Crippen molar-refractivity contribution in [1.29, 1.82) is 0 Å². The first-order valence-electron chi connectivity index (χ1n) is 9.96. The number of aromatic nitrogens is 4. The Morgan fingerprint density at radius 3 is 2.62 bits per heavy atom. The summed E-state index contributed by atoms with van der Waals surface area (Å²) in [5.41, 5.74) is 18.0. The number of hydrogen-bond acceptors (Lipinski definition) is 10. The molecule has 0 saturated heterocycles. The highest BCUT2D eigenvalue weighted by molar-refractivity contribution is 8.05. The number of anilines is 1. The summed E-state index contributed by atoms with van der Waals surface area (Å²) in [5.74, 6) is -0.508. The predicted octanol–water partition coefficient (Wildman–Crippen LogP) is -1.25. The van der Waals surface area contributed by atoms with Gasteiger partial charge in [0.05, 0.1) is 16.5 Å². The molecular weight excluding hydrogens is 484 g/mol. The van der Waals surface area contributed by atoms with Crippen LogP contribution < -0.4 is 27.2 Å². The van der Waals surface area contributed by atoms with Crippen LogP contribution in [0.15, 0.2) is 50.0 Å². The zero-order valence-electron chi connectivity index (χ0n) is 17.6. The number of nitrogens with zero attached hydrogens (tertiary/aromatic N) is 4. The standard InChI is InChI=1S/C18H22N10O4S2/c19-6-7-22-33(30)14-5-4-12(10-2-1-3-11(8-10)23-18(29)13(21)9-20)15(17-24-26-27-25-17)16(14)34(31,32)28-33/h1-5,8,13H,6-7,9,19-21H2,(H,23,29)(H,22,28,30)(H,24,25,26,27)/t13-,33?/m0/s1. The van der Waals surface area contributed by atoms with E-state index in [1.54, 1.807) is 30.3 Å². The van der Waals surface area contributed by atoms with E-state index >= 15 is 0 Å². The molecule has 1 unspecified atom stereocenters. The number of nitrogens with one attached hydrogen (secondary N) is 3. The van der Waals surface area contributed by atoms with Crippen molar-refractivity contribution in [2.45, 2.75) is 15.8 Å². The number of carbonyl (C=O) groups excluding carboxylic acids is 1. The van der Waals surface area contributed by atoms with E-state index in [1.807, 2.05) is 0 Å². The van der Waals surface area contributed by atoms with Gasteiger partial charge in [-0.25, -0.2) is 8.93 Å². The van der Waals surface area contributed by atoms with Crippen molar-refractivity contribution in [1.82, 2.24) is 25.3 Å². The molecule has 2 aromatic carbocycles. The van der Waals surface area contributed by atoms with E-state index in [0.717, 1.165) is 0 Å². The molecule has 0 fully saturated rings. The second-order valence-electron chi connectivity index (χ2n) is 7.22. The highest BCUT2D eigenvalue weighted by Gasteiger charge is 2.39. The third-order valence-corrected chi connectivity index (χ3v) is 9.15. The maximum absolute atomic E-state index is 13.4. The van der Waals surface area contributed by atoms with Crippen molar-refractivity contribution in [3.63, 3.8) is 0 Å². The lowest BCUT2D eigenvalue weighted by atomic mass is 9.98. The van der Waals surface area contributed by atoms with Gasteiger partial charge in [0, 0.05) is 25.3 Å². The molecule has 2 heterocycles. The van der Waals surface area contributed by atoms with Gasteiger partial charge in [0.25, 0.3) is 10.0 Å². The second-order valence-corrected chi connectivity index (χ2v) is 11.0. The molecular formula is C18H22N10O4S2. The Labute approximate surface area is 195 Å². The van der Waals surface area contributed by atoms with Crippen LogP contribution in [0.1, 0.15) is 0 Å². The SMILES string of the molecule is NCCNS1(=O)=NS(=O)(=O)c2c1ccc(-c1cccc(NC(=O)[C@@H](N)CN)c1)c2-c1nn[nH]n1. The maximum Gasteiger partial charge on any atom is 0.293 e. The molecule has 34 heavy (non-hydrogen) atoms. The van der Waals surface area contributed by atoms with E-state index in [1.165, 1.54) is 6.07 Å². The molecule has 1 aliphatic rings. The van der Waals surface area contributed by atoms with E-state index < -0.39 is 31.9 Å². The maximum atomic E-state index is 13.4. The fraction of sp³-hybridized carbons (Fsp3) is 0.222. The molecule has 0 aliphatic carbocycles. The molecule has 0 spiro atoms. The lowest BCUT2D eigenvalue weighted by Crippen LogP contribution is -2.41. The summed E-state index contributed by atoms with van der Waals surface area (Å²) in [6, 6.07) is 8.74. The van der Waals surface area contributed by atoms with Crippen LogP contribution in [-0.4, -0.2) is 64.8 Å². The monoisotopic (exact) mass is 506 g/mol. The smallest absolute Gasteiger partial charge is 0.293 e. The minimum atomic E-state index is -4.35. The van der Waals surface area contributed by atoms with Crippen LogP contribution in [0.5, 0.6) is 0 Å². The van der Waals surface area contributed by atoms with Crippen molar-refractivity contribution in [3.8, 4) is 22.5 Å². The minimum Gasteiger partial charge on any atom is -0.329 e. The molecule has 16 heteroatoms. The van der Waals surface area contributed by atoms with Crippen molar-refractivity contribution in [3.05, 3.63) is 36.4 Å². The first-order chi connectivity index (χ1) is 16.2. The first kappa shape index (κ1) is 23.9. The van der Waals surface area contributed by atoms with Gasteiger partial charge in [-0.2, -0.15) is 13.6 Å². The number of nitrogens with two attached hydrogens (primary N) is 3. The molecule has 0 bridgehead atoms. The number of fused-ring (bicyclic) bond motifs is 1. The van der Waals surface area contributed by atoms with Crippen molar-refractivity contribution in [2.24, 2.45) is 21.0 Å². The Hall–Kier alpha value is -3.28. The van der Waals surface area contributed by atoms with Crippen LogP contribution in [0.2, 0.25) is 0 Å². The Balaban J connectivity index is 1.90. The van der Waals surface area contributed by atoms with Crippen LogP contribution in [-0.2, 0) is 24.7 Å². The van der Waals surface area contributed by atoms with Gasteiger partial charge in [-0.3, -0.25) is 4.79 Å². The molecule has 9 N–H and O–H groups in total. The van der Waals surface area contributed by atoms with Crippen LogP contribution in [0.4, 0.5) is 5.69 Å². The topological polar surface area (TPSA) is 237 Å². The van der Waals surface area contributed by atoms with E-state index in [2.05, 4.69) is 34.4 Å². The Kier molecular flexibility index (Phi) is 6.43. The summed E-state index contributed by atoms with van der Waals surface area (Å²) in [7, 11) is -7.84. The number of benzene rings is 2. The van der Waals surface area contributed by atoms with Gasteiger partial charge in [0.2, 0.25) is 11.7 Å². The highest BCUT2D eigenvalue weighted by atomic mass is 32.3. The average Bonchev–Trinajstić information content (AvgIpc) is 3.42. The zero-order chi connectivity index (χ0) is 24.5. The lowest BCUT2D eigenvalue weighted by Gasteiger charge is -2.14. The Morgan fingerprint density at radius 1 is 1.15 bits per heavy atom. The minimum absolute atomic E-state index is 0.0251. The van der Waals surface area contributed by atoms with Gasteiger partial charge < -0.3 is 22.5 Å². The van der Waals surface area contributed by atoms with Crippen LogP contribution in [0.25, 0.3) is 22.5 Å². The summed E-state index contributed by atoms with van der Waals surface area (Å²) in [4.78, 5) is 11.8. The van der Waals surface area contributed by atoms with E-state index in [0.29, 0.717) is 16.8 Å². The zero-order valence-corrected chi connectivity index (χ0v) is 19.3. The fourth-order valence-corrected chi connectivity index (χ4v) is 7.92. The van der Waals surface area contributed by atoms with Gasteiger partial charge in [0.1, 0.15) is 4.90 Å². The molecule has 3 aromatic rings. The van der Waals surface area contributed by atoms with Gasteiger partial charge in [-0.05, 0) is 34.5 Å². The van der Waals surface area contributed by atoms with Gasteiger partial charge >= 0.3 is 0 Å². The van der Waals surface area contributed by atoms with Crippen molar-refractivity contribution in [2.75, 3.05) is 25.0 Å². The fourth-order valence-electron chi connectivity index (χ4n) is 3.39. The van der Waals surface area contributed by atoms with E-state index in [-0.39, 0.29) is 40.8 Å². The molecule has 1 amide bonds. The van der Waals surface area contributed by atoms with Gasteiger partial charge in [0.15, 0.2) is 9.92 Å². The highest BCUT2D eigenvalue weighted by Crippen LogP contribution is 2.43. The number of sulfonamides is 1. The quantitative estimate of drug-likeness (QED) is 0.212. The van der Waals surface area contributed by atoms with Crippen molar-refractivity contribution < 1.29 is 17.4 Å². The van der Waals surface area contributed by atoms with Crippen LogP contribution in [0.3, 0.4) is 0 Å². The van der Waals surface area contributed by atoms with E-state index in [9.17, 15) is 17.4 Å². The average molecular weight is 507 g/mol. The normalized spacial score (nSPS) is 19.3. The Morgan fingerprint density at radius 2 is 1.94 bits per heavy atom. The third-order valence-electron chi connectivity index (χ3n) is 4.92. The van der Waals surface area contributed by atoms with Crippen molar-refractivity contribution >= 4 is 31.5 Å². The molecule has 2 atom stereocenters. The lowest BCUT2D eigenvalue weighted by molar-refractivity contribution is -0.117. The number of carbonyl (C=O) groups is 1. The summed E-state index contributed by atoms with van der Waals surface area (Å²) in [5, 5.41) is 16.4. The molecule has 0 saturated carbocycles. The first-order valence-corrected chi connectivity index (χ1v) is 12.9. The Bertz CT molecular complexity index is 1460. The van der Waals surface area contributed by atoms with Gasteiger partial charge in [-0.15, -0.1) is 10.2 Å².